The lowest BCUT2D eigenvalue weighted by Gasteiger charge is -2.16. The highest BCUT2D eigenvalue weighted by Crippen LogP contribution is 2.24. The molecule has 3 nitrogen and oxygen atoms in total. The van der Waals surface area contributed by atoms with Gasteiger partial charge in [-0.15, -0.1) is 0 Å². The van der Waals surface area contributed by atoms with Crippen molar-refractivity contribution in [2.75, 3.05) is 5.73 Å². The molecule has 0 fully saturated rings. The Balaban J connectivity index is 1.95. The highest BCUT2D eigenvalue weighted by Gasteiger charge is 2.16. The average Bonchev–Trinajstić information content (AvgIpc) is 2.59. The average molecular weight is 316 g/mol. The van der Waals surface area contributed by atoms with E-state index in [1.165, 1.54) is 0 Å². The first-order valence-electron chi connectivity index (χ1n) is 7.97. The van der Waals surface area contributed by atoms with Gasteiger partial charge in [-0.05, 0) is 42.7 Å². The number of allylic oxidation sites excluding steroid dienone is 4. The van der Waals surface area contributed by atoms with E-state index in [-0.39, 0.29) is 5.78 Å². The van der Waals surface area contributed by atoms with Crippen LogP contribution < -0.4 is 5.73 Å². The number of ketones is 1. The molecule has 0 atom stereocenters. The van der Waals surface area contributed by atoms with Gasteiger partial charge in [0.1, 0.15) is 0 Å². The quantitative estimate of drug-likeness (QED) is 0.651. The number of benzene rings is 2. The van der Waals surface area contributed by atoms with E-state index in [0.717, 1.165) is 16.7 Å². The molecule has 3 N–H and O–H groups in total. The van der Waals surface area contributed by atoms with Gasteiger partial charge in [-0.25, -0.2) is 0 Å². The number of nitrogens with two attached hydrogens (primary N) is 1. The first kappa shape index (κ1) is 15.9. The third-order valence-corrected chi connectivity index (χ3v) is 4.28. The first-order chi connectivity index (χ1) is 11.5. The van der Waals surface area contributed by atoms with Crippen LogP contribution >= 0.6 is 0 Å². The largest absolute Gasteiger partial charge is 0.399 e. The van der Waals surface area contributed by atoms with Crippen LogP contribution in [0, 0.1) is 5.41 Å². The zero-order valence-corrected chi connectivity index (χ0v) is 13.7. The molecule has 120 valence electrons. The molecule has 2 aromatic carbocycles. The third kappa shape index (κ3) is 3.35. The maximum absolute atomic E-state index is 12.8. The molecule has 3 rings (SSSR count). The normalized spacial score (nSPS) is 14.1. The van der Waals surface area contributed by atoms with Gasteiger partial charge in [0.15, 0.2) is 5.78 Å². The zero-order valence-electron chi connectivity index (χ0n) is 13.7. The van der Waals surface area contributed by atoms with Gasteiger partial charge in [0.25, 0.3) is 0 Å². The lowest BCUT2D eigenvalue weighted by molar-refractivity contribution is 0.103. The summed E-state index contributed by atoms with van der Waals surface area (Å²) in [5, 5.41) is 8.01. The van der Waals surface area contributed by atoms with Crippen LogP contribution in [0.15, 0.2) is 71.8 Å². The van der Waals surface area contributed by atoms with Crippen molar-refractivity contribution in [3.05, 3.63) is 88.5 Å². The van der Waals surface area contributed by atoms with Gasteiger partial charge in [0.05, 0.1) is 0 Å². The number of nitrogens with one attached hydrogen (secondary N) is 1. The predicted octanol–water partition coefficient (Wildman–Crippen LogP) is 4.34. The molecule has 0 aromatic heterocycles. The van der Waals surface area contributed by atoms with E-state index >= 15 is 0 Å². The van der Waals surface area contributed by atoms with Crippen LogP contribution in [0.5, 0.6) is 0 Å². The molecule has 2 aromatic rings. The summed E-state index contributed by atoms with van der Waals surface area (Å²) < 4.78 is 0. The van der Waals surface area contributed by atoms with Crippen LogP contribution in [0.3, 0.4) is 0 Å². The summed E-state index contributed by atoms with van der Waals surface area (Å²) in [6, 6.07) is 14.7. The number of anilines is 1. The maximum atomic E-state index is 12.8. The number of rotatable bonds is 4. The molecule has 0 bridgehead atoms. The van der Waals surface area contributed by atoms with Crippen LogP contribution in [0.25, 0.3) is 0 Å². The Hall–Kier alpha value is -2.94. The number of hydrogen-bond acceptors (Lipinski definition) is 3. The van der Waals surface area contributed by atoms with Crippen molar-refractivity contribution in [2.45, 2.75) is 19.8 Å². The van der Waals surface area contributed by atoms with Gasteiger partial charge in [0.2, 0.25) is 0 Å². The van der Waals surface area contributed by atoms with Crippen molar-refractivity contribution in [1.82, 2.24) is 0 Å². The van der Waals surface area contributed by atoms with Crippen molar-refractivity contribution >= 4 is 17.2 Å². The maximum Gasteiger partial charge on any atom is 0.193 e. The van der Waals surface area contributed by atoms with E-state index in [9.17, 15) is 4.79 Å². The second-order valence-electron chi connectivity index (χ2n) is 6.12. The van der Waals surface area contributed by atoms with Gasteiger partial charge in [-0.3, -0.25) is 4.79 Å². The van der Waals surface area contributed by atoms with Crippen LogP contribution in [0.1, 0.15) is 34.8 Å². The van der Waals surface area contributed by atoms with Crippen LogP contribution in [0.2, 0.25) is 0 Å². The third-order valence-electron chi connectivity index (χ3n) is 4.28. The molecular formula is C21H20N2O. The minimum atomic E-state index is 0.00353. The van der Waals surface area contributed by atoms with Crippen molar-refractivity contribution in [3.63, 3.8) is 0 Å². The topological polar surface area (TPSA) is 66.9 Å². The molecule has 0 heterocycles. The monoisotopic (exact) mass is 316 g/mol. The number of carbonyl (C=O) groups is 1. The molecule has 1 aliphatic rings. The second-order valence-corrected chi connectivity index (χ2v) is 6.12. The van der Waals surface area contributed by atoms with Crippen molar-refractivity contribution in [2.24, 2.45) is 0 Å². The van der Waals surface area contributed by atoms with Crippen LogP contribution in [-0.2, 0) is 6.42 Å². The molecule has 1 aliphatic carbocycles. The molecule has 0 saturated carbocycles. The van der Waals surface area contributed by atoms with E-state index in [1.807, 2.05) is 55.5 Å². The van der Waals surface area contributed by atoms with E-state index in [0.29, 0.717) is 35.4 Å². The molecule has 0 unspecified atom stereocenters. The standard InChI is InChI=1S/C21H20N2O/c1-14-7-8-15(12-20(14)23)11-17-13-18(22)9-10-19(17)21(24)16-5-3-2-4-6-16/h2-10,13,23H,11-12,22H2,1H3. The molecule has 24 heavy (non-hydrogen) atoms. The Morgan fingerprint density at radius 3 is 2.58 bits per heavy atom. The number of carbonyl (C=O) groups excluding carboxylic acids is 1. The Kier molecular flexibility index (Phi) is 4.43. The van der Waals surface area contributed by atoms with Crippen molar-refractivity contribution < 1.29 is 4.79 Å². The Morgan fingerprint density at radius 1 is 1.12 bits per heavy atom. The molecule has 0 radical (unpaired) electrons. The van der Waals surface area contributed by atoms with Gasteiger partial charge in [-0.1, -0.05) is 48.1 Å². The van der Waals surface area contributed by atoms with Crippen LogP contribution in [-0.4, -0.2) is 11.5 Å². The number of hydrogen-bond donors (Lipinski definition) is 2. The van der Waals surface area contributed by atoms with Gasteiger partial charge >= 0.3 is 0 Å². The van der Waals surface area contributed by atoms with Gasteiger partial charge < -0.3 is 11.1 Å². The van der Waals surface area contributed by atoms with Gasteiger partial charge in [0, 0.05) is 28.9 Å². The molecule has 3 heteroatoms. The summed E-state index contributed by atoms with van der Waals surface area (Å²) >= 11 is 0. The minimum absolute atomic E-state index is 0.00353. The summed E-state index contributed by atoms with van der Waals surface area (Å²) in [6.45, 7) is 1.94. The second kappa shape index (κ2) is 6.67. The van der Waals surface area contributed by atoms with Gasteiger partial charge in [-0.2, -0.15) is 0 Å². The molecule has 0 amide bonds. The summed E-state index contributed by atoms with van der Waals surface area (Å²) in [6.07, 6.45) is 5.26. The predicted molar refractivity (Wildman–Crippen MR) is 98.6 cm³/mol. The first-order valence-corrected chi connectivity index (χ1v) is 7.97. The molecule has 0 spiro atoms. The fourth-order valence-corrected chi connectivity index (χ4v) is 2.86. The molecule has 0 aliphatic heterocycles. The van der Waals surface area contributed by atoms with Crippen molar-refractivity contribution in [1.29, 1.82) is 5.41 Å². The molecular weight excluding hydrogens is 296 g/mol. The lowest BCUT2D eigenvalue weighted by atomic mass is 9.89. The smallest absolute Gasteiger partial charge is 0.193 e. The van der Waals surface area contributed by atoms with Crippen LogP contribution in [0.4, 0.5) is 5.69 Å². The minimum Gasteiger partial charge on any atom is -0.399 e. The zero-order chi connectivity index (χ0) is 17.1. The van der Waals surface area contributed by atoms with E-state index < -0.39 is 0 Å². The SMILES string of the molecule is CC1=CC=C(Cc2cc(N)ccc2C(=O)c2ccccc2)CC1=N. The van der Waals surface area contributed by atoms with E-state index in [2.05, 4.69) is 0 Å². The molecule has 0 saturated heterocycles. The Bertz CT molecular complexity index is 861. The van der Waals surface area contributed by atoms with E-state index in [4.69, 9.17) is 11.1 Å². The fraction of sp³-hybridized carbons (Fsp3) is 0.143. The summed E-state index contributed by atoms with van der Waals surface area (Å²) in [4.78, 5) is 12.8. The van der Waals surface area contributed by atoms with E-state index in [1.54, 1.807) is 12.1 Å². The fourth-order valence-electron chi connectivity index (χ4n) is 2.86. The van der Waals surface area contributed by atoms with Crippen molar-refractivity contribution in [3.8, 4) is 0 Å². The summed E-state index contributed by atoms with van der Waals surface area (Å²) in [5.74, 6) is 0.00353. The number of nitrogen functional groups attached to an aromatic ring is 1. The Morgan fingerprint density at radius 2 is 1.88 bits per heavy atom. The Labute approximate surface area is 142 Å². The lowest BCUT2D eigenvalue weighted by Crippen LogP contribution is -2.10. The summed E-state index contributed by atoms with van der Waals surface area (Å²) in [7, 11) is 0. The highest BCUT2D eigenvalue weighted by molar-refractivity contribution is 6.10. The summed E-state index contributed by atoms with van der Waals surface area (Å²) in [5.41, 5.74) is 11.6. The highest BCUT2D eigenvalue weighted by atomic mass is 16.1.